The van der Waals surface area contributed by atoms with Crippen LogP contribution in [-0.2, 0) is 5.41 Å². The molecule has 1 heteroatoms. The van der Waals surface area contributed by atoms with Gasteiger partial charge in [0.05, 0.1) is 0 Å². The molecule has 3 rings (SSSR count). The standard InChI is InChI=1S/C15H21N/c1-15(13-8-4-2-5-9-13)12-14(15)16-10-6-3-7-11-16/h2,4-5,8-9,14H,3,6-7,10-12H2,1H3. The molecule has 2 fully saturated rings. The van der Waals surface area contributed by atoms with E-state index in [2.05, 4.69) is 42.2 Å². The molecule has 1 aromatic carbocycles. The Labute approximate surface area is 98.5 Å². The maximum atomic E-state index is 2.72. The predicted octanol–water partition coefficient (Wildman–Crippen LogP) is 3.20. The fraction of sp³-hybridized carbons (Fsp3) is 0.600. The average Bonchev–Trinajstić information content (AvgIpc) is 3.06. The largest absolute Gasteiger partial charge is 0.299 e. The van der Waals surface area contributed by atoms with E-state index in [0.717, 1.165) is 6.04 Å². The van der Waals surface area contributed by atoms with Crippen molar-refractivity contribution in [1.29, 1.82) is 0 Å². The molecule has 1 aromatic rings. The lowest BCUT2D eigenvalue weighted by molar-refractivity contribution is 0.206. The van der Waals surface area contributed by atoms with Crippen LogP contribution in [0.2, 0.25) is 0 Å². The third-order valence-corrected chi connectivity index (χ3v) is 4.46. The summed E-state index contributed by atoms with van der Waals surface area (Å²) in [6, 6.07) is 11.9. The SMILES string of the molecule is CC1(c2ccccc2)CC1N1CCCCC1. The maximum absolute atomic E-state index is 2.72. The highest BCUT2D eigenvalue weighted by molar-refractivity contribution is 5.35. The summed E-state index contributed by atoms with van der Waals surface area (Å²) < 4.78 is 0. The van der Waals surface area contributed by atoms with Crippen LogP contribution >= 0.6 is 0 Å². The lowest BCUT2D eigenvalue weighted by Gasteiger charge is -2.28. The number of nitrogens with zero attached hydrogens (tertiary/aromatic N) is 1. The third-order valence-electron chi connectivity index (χ3n) is 4.46. The van der Waals surface area contributed by atoms with E-state index in [1.54, 1.807) is 0 Å². The van der Waals surface area contributed by atoms with Crippen LogP contribution in [0.5, 0.6) is 0 Å². The Morgan fingerprint density at radius 3 is 2.44 bits per heavy atom. The molecule has 0 amide bonds. The van der Waals surface area contributed by atoms with Crippen molar-refractivity contribution < 1.29 is 0 Å². The molecule has 2 aliphatic rings. The molecule has 2 atom stereocenters. The van der Waals surface area contributed by atoms with Gasteiger partial charge in [-0.2, -0.15) is 0 Å². The van der Waals surface area contributed by atoms with Crippen LogP contribution in [0.3, 0.4) is 0 Å². The molecular weight excluding hydrogens is 194 g/mol. The maximum Gasteiger partial charge on any atom is 0.0199 e. The van der Waals surface area contributed by atoms with E-state index in [-0.39, 0.29) is 0 Å². The van der Waals surface area contributed by atoms with Crippen molar-refractivity contribution in [2.24, 2.45) is 0 Å². The van der Waals surface area contributed by atoms with Crippen LogP contribution in [0.4, 0.5) is 0 Å². The Balaban J connectivity index is 1.73. The minimum Gasteiger partial charge on any atom is -0.299 e. The molecule has 0 radical (unpaired) electrons. The van der Waals surface area contributed by atoms with Gasteiger partial charge in [-0.15, -0.1) is 0 Å². The quantitative estimate of drug-likeness (QED) is 0.732. The zero-order chi connectivity index (χ0) is 11.0. The van der Waals surface area contributed by atoms with E-state index in [0.29, 0.717) is 5.41 Å². The minimum absolute atomic E-state index is 0.443. The monoisotopic (exact) mass is 215 g/mol. The average molecular weight is 215 g/mol. The second kappa shape index (κ2) is 3.89. The second-order valence-electron chi connectivity index (χ2n) is 5.60. The highest BCUT2D eigenvalue weighted by atomic mass is 15.2. The van der Waals surface area contributed by atoms with E-state index in [9.17, 15) is 0 Å². The molecule has 86 valence electrons. The van der Waals surface area contributed by atoms with Gasteiger partial charge in [0.25, 0.3) is 0 Å². The van der Waals surface area contributed by atoms with Gasteiger partial charge in [-0.1, -0.05) is 43.7 Å². The summed E-state index contributed by atoms with van der Waals surface area (Å²) >= 11 is 0. The summed E-state index contributed by atoms with van der Waals surface area (Å²) in [5, 5.41) is 0. The van der Waals surface area contributed by atoms with Crippen LogP contribution in [0.15, 0.2) is 30.3 Å². The van der Waals surface area contributed by atoms with E-state index < -0.39 is 0 Å². The summed E-state index contributed by atoms with van der Waals surface area (Å²) in [4.78, 5) is 2.72. The van der Waals surface area contributed by atoms with Crippen molar-refractivity contribution in [1.82, 2.24) is 4.90 Å². The molecule has 1 nitrogen and oxygen atoms in total. The first kappa shape index (κ1) is 10.3. The molecule has 1 saturated heterocycles. The van der Waals surface area contributed by atoms with Crippen molar-refractivity contribution in [3.05, 3.63) is 35.9 Å². The van der Waals surface area contributed by atoms with Crippen molar-refractivity contribution in [2.75, 3.05) is 13.1 Å². The first-order valence-corrected chi connectivity index (χ1v) is 6.60. The number of rotatable bonds is 2. The Morgan fingerprint density at radius 2 is 1.75 bits per heavy atom. The smallest absolute Gasteiger partial charge is 0.0199 e. The zero-order valence-electron chi connectivity index (χ0n) is 10.2. The fourth-order valence-corrected chi connectivity index (χ4v) is 3.23. The summed E-state index contributed by atoms with van der Waals surface area (Å²) in [5.41, 5.74) is 1.98. The van der Waals surface area contributed by atoms with Crippen LogP contribution in [-0.4, -0.2) is 24.0 Å². The van der Waals surface area contributed by atoms with Gasteiger partial charge in [-0.3, -0.25) is 4.90 Å². The molecule has 1 aliphatic heterocycles. The topological polar surface area (TPSA) is 3.24 Å². The number of piperidine rings is 1. The highest BCUT2D eigenvalue weighted by Crippen LogP contribution is 2.51. The van der Waals surface area contributed by atoms with Crippen molar-refractivity contribution >= 4 is 0 Å². The lowest BCUT2D eigenvalue weighted by Crippen LogP contribution is -2.35. The van der Waals surface area contributed by atoms with Gasteiger partial charge in [0.15, 0.2) is 0 Å². The first-order chi connectivity index (χ1) is 7.81. The summed E-state index contributed by atoms with van der Waals surface area (Å²) in [7, 11) is 0. The van der Waals surface area contributed by atoms with Crippen molar-refractivity contribution in [3.8, 4) is 0 Å². The molecule has 16 heavy (non-hydrogen) atoms. The van der Waals surface area contributed by atoms with E-state index in [1.165, 1.54) is 44.3 Å². The van der Waals surface area contributed by atoms with E-state index in [1.807, 2.05) is 0 Å². The number of hydrogen-bond acceptors (Lipinski definition) is 1. The molecule has 1 heterocycles. The van der Waals surface area contributed by atoms with E-state index >= 15 is 0 Å². The Morgan fingerprint density at radius 1 is 1.06 bits per heavy atom. The zero-order valence-corrected chi connectivity index (χ0v) is 10.2. The second-order valence-corrected chi connectivity index (χ2v) is 5.60. The molecule has 0 aromatic heterocycles. The molecule has 0 spiro atoms. The first-order valence-electron chi connectivity index (χ1n) is 6.60. The van der Waals surface area contributed by atoms with Gasteiger partial charge < -0.3 is 0 Å². The lowest BCUT2D eigenvalue weighted by atomic mass is 9.97. The van der Waals surface area contributed by atoms with Crippen LogP contribution in [0.1, 0.15) is 38.2 Å². The number of benzene rings is 1. The van der Waals surface area contributed by atoms with Gasteiger partial charge in [-0.25, -0.2) is 0 Å². The van der Waals surface area contributed by atoms with Crippen LogP contribution in [0, 0.1) is 0 Å². The third kappa shape index (κ3) is 1.67. The van der Waals surface area contributed by atoms with E-state index in [4.69, 9.17) is 0 Å². The Bertz CT molecular complexity index is 353. The fourth-order valence-electron chi connectivity index (χ4n) is 3.23. The molecule has 1 saturated carbocycles. The molecule has 2 unspecified atom stereocenters. The van der Waals surface area contributed by atoms with Gasteiger partial charge in [0.2, 0.25) is 0 Å². The van der Waals surface area contributed by atoms with Gasteiger partial charge >= 0.3 is 0 Å². The molecule has 0 bridgehead atoms. The summed E-state index contributed by atoms with van der Waals surface area (Å²) in [5.74, 6) is 0. The van der Waals surface area contributed by atoms with Gasteiger partial charge in [0.1, 0.15) is 0 Å². The van der Waals surface area contributed by atoms with Crippen molar-refractivity contribution in [3.63, 3.8) is 0 Å². The van der Waals surface area contributed by atoms with Crippen LogP contribution in [0.25, 0.3) is 0 Å². The minimum atomic E-state index is 0.443. The van der Waals surface area contributed by atoms with Crippen molar-refractivity contribution in [2.45, 2.75) is 44.1 Å². The summed E-state index contributed by atoms with van der Waals surface area (Å²) in [6.45, 7) is 5.09. The molecular formula is C15H21N. The Hall–Kier alpha value is -0.820. The molecule has 1 aliphatic carbocycles. The normalized spacial score (nSPS) is 34.9. The van der Waals surface area contributed by atoms with Gasteiger partial charge in [0, 0.05) is 11.5 Å². The highest BCUT2D eigenvalue weighted by Gasteiger charge is 2.53. The predicted molar refractivity (Wildman–Crippen MR) is 67.6 cm³/mol. The van der Waals surface area contributed by atoms with Gasteiger partial charge in [-0.05, 0) is 37.9 Å². The molecule has 0 N–H and O–H groups in total. The number of hydrogen-bond donors (Lipinski definition) is 0. The number of likely N-dealkylation sites (tertiary alicyclic amines) is 1. The van der Waals surface area contributed by atoms with Crippen LogP contribution < -0.4 is 0 Å². The Kier molecular flexibility index (Phi) is 2.51. The summed E-state index contributed by atoms with van der Waals surface area (Å²) in [6.07, 6.45) is 5.60.